The minimum absolute atomic E-state index is 0.0329. The molecule has 0 bridgehead atoms. The molecule has 5 rings (SSSR count). The van der Waals surface area contributed by atoms with Gasteiger partial charge in [0, 0.05) is 16.8 Å². The number of para-hydroxylation sites is 2. The third-order valence-corrected chi connectivity index (χ3v) is 5.47. The van der Waals surface area contributed by atoms with Gasteiger partial charge in [-0.2, -0.15) is 0 Å². The number of benzene rings is 3. The lowest BCUT2D eigenvalue weighted by Crippen LogP contribution is -2.28. The highest BCUT2D eigenvalue weighted by atomic mass is 16.1. The summed E-state index contributed by atoms with van der Waals surface area (Å²) >= 11 is 0. The van der Waals surface area contributed by atoms with E-state index in [4.69, 9.17) is 4.98 Å². The molecule has 0 radical (unpaired) electrons. The predicted octanol–water partition coefficient (Wildman–Crippen LogP) is 5.52. The number of carbonyl (C=O) groups is 1. The van der Waals surface area contributed by atoms with Crippen LogP contribution in [0.25, 0.3) is 11.0 Å². The molecule has 0 saturated carbocycles. The summed E-state index contributed by atoms with van der Waals surface area (Å²) in [5, 5.41) is 3.38. The number of allylic oxidation sites excluding steroid dienone is 2. The van der Waals surface area contributed by atoms with Gasteiger partial charge in [0.2, 0.25) is 5.95 Å². The molecule has 1 aliphatic rings. The van der Waals surface area contributed by atoms with Crippen LogP contribution in [0, 0.1) is 6.92 Å². The van der Waals surface area contributed by atoms with Crippen molar-refractivity contribution in [1.82, 2.24) is 9.55 Å². The number of rotatable bonds is 3. The zero-order valence-electron chi connectivity index (χ0n) is 16.4. The number of hydrogen-bond acceptors (Lipinski definition) is 3. The number of aryl methyl sites for hydroxylation is 1. The van der Waals surface area contributed by atoms with E-state index in [9.17, 15) is 4.79 Å². The molecule has 3 aromatic carbocycles. The van der Waals surface area contributed by atoms with Crippen LogP contribution in [0.1, 0.15) is 34.5 Å². The fourth-order valence-electron chi connectivity index (χ4n) is 4.16. The first-order valence-corrected chi connectivity index (χ1v) is 9.74. The van der Waals surface area contributed by atoms with Crippen molar-refractivity contribution in [2.75, 3.05) is 5.32 Å². The van der Waals surface area contributed by atoms with Crippen molar-refractivity contribution in [3.8, 4) is 0 Å². The van der Waals surface area contributed by atoms with E-state index in [-0.39, 0.29) is 11.8 Å². The van der Waals surface area contributed by atoms with E-state index >= 15 is 0 Å². The summed E-state index contributed by atoms with van der Waals surface area (Å²) in [4.78, 5) is 18.4. The molecule has 4 aromatic rings. The normalized spacial score (nSPS) is 15.9. The van der Waals surface area contributed by atoms with E-state index in [1.807, 2.05) is 61.5 Å². The van der Waals surface area contributed by atoms with Gasteiger partial charge in [0.1, 0.15) is 0 Å². The van der Waals surface area contributed by atoms with Gasteiger partial charge < -0.3 is 5.32 Å². The largest absolute Gasteiger partial charge is 0.329 e. The Morgan fingerprint density at radius 2 is 1.69 bits per heavy atom. The Labute approximate surface area is 169 Å². The number of anilines is 1. The summed E-state index contributed by atoms with van der Waals surface area (Å²) < 4.78 is 2.15. The Morgan fingerprint density at radius 3 is 2.48 bits per heavy atom. The summed E-state index contributed by atoms with van der Waals surface area (Å²) in [6.07, 6.45) is 0. The van der Waals surface area contributed by atoms with Crippen LogP contribution < -0.4 is 5.32 Å². The zero-order chi connectivity index (χ0) is 20.0. The van der Waals surface area contributed by atoms with Crippen LogP contribution in [0.5, 0.6) is 0 Å². The Balaban J connectivity index is 1.78. The highest BCUT2D eigenvalue weighted by Crippen LogP contribution is 2.40. The van der Waals surface area contributed by atoms with E-state index < -0.39 is 0 Å². The van der Waals surface area contributed by atoms with Crippen LogP contribution in [0.3, 0.4) is 0 Å². The first-order valence-electron chi connectivity index (χ1n) is 9.74. The highest BCUT2D eigenvalue weighted by molar-refractivity contribution is 6.11. The second-order valence-electron chi connectivity index (χ2n) is 7.47. The lowest BCUT2D eigenvalue weighted by molar-refractivity contribution is 0.102. The van der Waals surface area contributed by atoms with Gasteiger partial charge >= 0.3 is 0 Å². The molecular weight excluding hydrogens is 358 g/mol. The Bertz CT molecular complexity index is 1270. The highest BCUT2D eigenvalue weighted by Gasteiger charge is 2.34. The lowest BCUT2D eigenvalue weighted by atomic mass is 9.89. The molecule has 0 spiro atoms. The van der Waals surface area contributed by atoms with Crippen molar-refractivity contribution in [2.24, 2.45) is 0 Å². The lowest BCUT2D eigenvalue weighted by Gasteiger charge is -2.31. The number of aromatic nitrogens is 2. The summed E-state index contributed by atoms with van der Waals surface area (Å²) in [7, 11) is 0. The topological polar surface area (TPSA) is 46.9 Å². The van der Waals surface area contributed by atoms with E-state index in [0.29, 0.717) is 5.56 Å². The summed E-state index contributed by atoms with van der Waals surface area (Å²) in [5.74, 6) is 0.797. The molecule has 0 amide bonds. The van der Waals surface area contributed by atoms with Crippen molar-refractivity contribution in [1.29, 1.82) is 0 Å². The smallest absolute Gasteiger partial charge is 0.209 e. The fraction of sp³-hybridized carbons (Fsp3) is 0.120. The van der Waals surface area contributed by atoms with Crippen LogP contribution in [0.4, 0.5) is 5.95 Å². The first-order chi connectivity index (χ1) is 14.1. The van der Waals surface area contributed by atoms with Gasteiger partial charge in [0.25, 0.3) is 0 Å². The average Bonchev–Trinajstić information content (AvgIpc) is 3.10. The van der Waals surface area contributed by atoms with E-state index in [0.717, 1.165) is 39.4 Å². The molecule has 1 aromatic heterocycles. The second kappa shape index (κ2) is 6.74. The maximum atomic E-state index is 13.6. The van der Waals surface area contributed by atoms with Crippen LogP contribution in [0.15, 0.2) is 90.1 Å². The third-order valence-electron chi connectivity index (χ3n) is 5.47. The van der Waals surface area contributed by atoms with Crippen LogP contribution in [-0.2, 0) is 0 Å². The van der Waals surface area contributed by atoms with Gasteiger partial charge in [-0.05, 0) is 31.5 Å². The number of ketones is 1. The molecule has 0 saturated heterocycles. The molecule has 2 heterocycles. The quantitative estimate of drug-likeness (QED) is 0.477. The molecule has 1 unspecified atom stereocenters. The SMILES string of the molecule is CC1=C(C(=O)c2ccccc2)C(c2cccc(C)c2)n2c(nc3ccccc32)N1. The van der Waals surface area contributed by atoms with Gasteiger partial charge in [-0.1, -0.05) is 72.3 Å². The van der Waals surface area contributed by atoms with Crippen molar-refractivity contribution in [3.63, 3.8) is 0 Å². The molecular formula is C25H21N3O. The maximum Gasteiger partial charge on any atom is 0.209 e. The molecule has 0 aliphatic carbocycles. The third kappa shape index (κ3) is 2.85. The molecule has 4 heteroatoms. The van der Waals surface area contributed by atoms with Crippen LogP contribution in [-0.4, -0.2) is 15.3 Å². The maximum absolute atomic E-state index is 13.6. The Morgan fingerprint density at radius 1 is 0.931 bits per heavy atom. The van der Waals surface area contributed by atoms with E-state index in [1.165, 1.54) is 0 Å². The molecule has 1 aliphatic heterocycles. The van der Waals surface area contributed by atoms with Crippen molar-refractivity contribution in [3.05, 3.63) is 107 Å². The predicted molar refractivity (Wildman–Crippen MR) is 116 cm³/mol. The minimum Gasteiger partial charge on any atom is -0.329 e. The number of nitrogens with zero attached hydrogens (tertiary/aromatic N) is 2. The number of nitrogens with one attached hydrogen (secondary N) is 1. The standard InChI is InChI=1S/C25H21N3O/c1-16-9-8-12-19(15-16)23-22(24(29)18-10-4-3-5-11-18)17(2)26-25-27-20-13-6-7-14-21(20)28(23)25/h3-15,23H,1-2H3,(H,26,27). The monoisotopic (exact) mass is 379 g/mol. The Kier molecular flexibility index (Phi) is 4.06. The Hall–Kier alpha value is -3.66. The minimum atomic E-state index is -0.244. The summed E-state index contributed by atoms with van der Waals surface area (Å²) in [5.41, 5.74) is 6.44. The number of Topliss-reactive ketones (excluding diaryl/α,β-unsaturated/α-hetero) is 1. The second-order valence-corrected chi connectivity index (χ2v) is 7.47. The van der Waals surface area contributed by atoms with Gasteiger partial charge in [0.05, 0.1) is 17.1 Å². The zero-order valence-corrected chi connectivity index (χ0v) is 16.4. The van der Waals surface area contributed by atoms with Crippen molar-refractivity contribution in [2.45, 2.75) is 19.9 Å². The molecule has 142 valence electrons. The van der Waals surface area contributed by atoms with Crippen LogP contribution >= 0.6 is 0 Å². The molecule has 0 fully saturated rings. The number of fused-ring (bicyclic) bond motifs is 3. The van der Waals surface area contributed by atoms with E-state index in [1.54, 1.807) is 0 Å². The fourth-order valence-corrected chi connectivity index (χ4v) is 4.16. The van der Waals surface area contributed by atoms with Crippen LogP contribution in [0.2, 0.25) is 0 Å². The number of carbonyl (C=O) groups excluding carboxylic acids is 1. The molecule has 1 N–H and O–H groups in total. The van der Waals surface area contributed by atoms with Gasteiger partial charge in [-0.15, -0.1) is 0 Å². The summed E-state index contributed by atoms with van der Waals surface area (Å²) in [6.45, 7) is 4.04. The van der Waals surface area contributed by atoms with Crippen molar-refractivity contribution >= 4 is 22.8 Å². The number of hydrogen-bond donors (Lipinski definition) is 1. The summed E-state index contributed by atoms with van der Waals surface area (Å²) in [6, 6.07) is 25.7. The average molecular weight is 379 g/mol. The van der Waals surface area contributed by atoms with E-state index in [2.05, 4.69) is 41.1 Å². The molecule has 4 nitrogen and oxygen atoms in total. The number of imidazole rings is 1. The molecule has 29 heavy (non-hydrogen) atoms. The van der Waals surface area contributed by atoms with Crippen molar-refractivity contribution < 1.29 is 4.79 Å². The first kappa shape index (κ1) is 17.4. The van der Waals surface area contributed by atoms with Gasteiger partial charge in [-0.25, -0.2) is 4.98 Å². The molecule has 1 atom stereocenters. The van der Waals surface area contributed by atoms with Gasteiger partial charge in [-0.3, -0.25) is 9.36 Å². The van der Waals surface area contributed by atoms with Gasteiger partial charge in [0.15, 0.2) is 5.78 Å².